The predicted octanol–water partition coefficient (Wildman–Crippen LogP) is 3.33. The molecule has 0 aliphatic rings. The smallest absolute Gasteiger partial charge is 0.203 e. The molecule has 0 radical (unpaired) electrons. The first-order chi connectivity index (χ1) is 8.91. The highest BCUT2D eigenvalue weighted by Gasteiger charge is 2.16. The van der Waals surface area contributed by atoms with Crippen molar-refractivity contribution in [3.8, 4) is 17.2 Å². The van der Waals surface area contributed by atoms with Gasteiger partial charge in [0.25, 0.3) is 0 Å². The molecule has 19 heavy (non-hydrogen) atoms. The third-order valence-electron chi connectivity index (χ3n) is 2.72. The second-order valence-electron chi connectivity index (χ2n) is 5.53. The van der Waals surface area contributed by atoms with Gasteiger partial charge in [-0.05, 0) is 24.0 Å². The molecule has 0 aromatic heterocycles. The van der Waals surface area contributed by atoms with Crippen LogP contribution < -0.4 is 14.2 Å². The zero-order valence-electron chi connectivity index (χ0n) is 12.3. The first-order valence-corrected chi connectivity index (χ1v) is 6.25. The van der Waals surface area contributed by atoms with Gasteiger partial charge in [-0.25, -0.2) is 0 Å². The molecule has 0 N–H and O–H groups in total. The average Bonchev–Trinajstić information content (AvgIpc) is 2.37. The van der Waals surface area contributed by atoms with Crippen LogP contribution in [-0.4, -0.2) is 27.1 Å². The van der Waals surface area contributed by atoms with Crippen molar-refractivity contribution in [3.05, 3.63) is 17.7 Å². The molecule has 0 amide bonds. The standard InChI is InChI=1S/C15H22O4/c1-15(2,3)6-7-19-14-12(17-4)8-11(10-16)9-13(14)18-5/h8-10H,6-7H2,1-5H3. The highest BCUT2D eigenvalue weighted by Crippen LogP contribution is 2.38. The Hall–Kier alpha value is -1.71. The minimum absolute atomic E-state index is 0.198. The van der Waals surface area contributed by atoms with Crippen LogP contribution in [0.4, 0.5) is 0 Å². The molecule has 0 unspecified atom stereocenters. The summed E-state index contributed by atoms with van der Waals surface area (Å²) in [6.07, 6.45) is 1.67. The van der Waals surface area contributed by atoms with Gasteiger partial charge >= 0.3 is 0 Å². The van der Waals surface area contributed by atoms with Crippen LogP contribution in [0.2, 0.25) is 0 Å². The fraction of sp³-hybridized carbons (Fsp3) is 0.533. The Bertz CT molecular complexity index is 407. The maximum Gasteiger partial charge on any atom is 0.203 e. The summed E-state index contributed by atoms with van der Waals surface area (Å²) in [5.41, 5.74) is 0.695. The summed E-state index contributed by atoms with van der Waals surface area (Å²) in [6.45, 7) is 7.03. The van der Waals surface area contributed by atoms with Crippen LogP contribution in [0, 0.1) is 5.41 Å². The highest BCUT2D eigenvalue weighted by molar-refractivity contribution is 5.78. The van der Waals surface area contributed by atoms with Crippen LogP contribution in [0.25, 0.3) is 0 Å². The topological polar surface area (TPSA) is 44.8 Å². The highest BCUT2D eigenvalue weighted by atomic mass is 16.5. The first kappa shape index (κ1) is 15.3. The van der Waals surface area contributed by atoms with Gasteiger partial charge in [-0.2, -0.15) is 0 Å². The number of benzene rings is 1. The van der Waals surface area contributed by atoms with Crippen molar-refractivity contribution in [3.63, 3.8) is 0 Å². The number of rotatable bonds is 6. The summed E-state index contributed by atoms with van der Waals surface area (Å²) in [5.74, 6) is 1.56. The van der Waals surface area contributed by atoms with Crippen LogP contribution in [0.5, 0.6) is 17.2 Å². The van der Waals surface area contributed by atoms with E-state index >= 15 is 0 Å². The first-order valence-electron chi connectivity index (χ1n) is 6.25. The lowest BCUT2D eigenvalue weighted by Crippen LogP contribution is -2.12. The van der Waals surface area contributed by atoms with E-state index in [-0.39, 0.29) is 5.41 Å². The zero-order valence-corrected chi connectivity index (χ0v) is 12.3. The fourth-order valence-corrected chi connectivity index (χ4v) is 1.57. The van der Waals surface area contributed by atoms with E-state index in [4.69, 9.17) is 14.2 Å². The summed E-state index contributed by atoms with van der Waals surface area (Å²) in [5, 5.41) is 0. The summed E-state index contributed by atoms with van der Waals surface area (Å²) >= 11 is 0. The summed E-state index contributed by atoms with van der Waals surface area (Å²) in [4.78, 5) is 10.8. The lowest BCUT2D eigenvalue weighted by molar-refractivity contribution is 0.112. The number of hydrogen-bond donors (Lipinski definition) is 0. The maximum atomic E-state index is 10.8. The van der Waals surface area contributed by atoms with Crippen molar-refractivity contribution in [1.29, 1.82) is 0 Å². The van der Waals surface area contributed by atoms with E-state index in [0.29, 0.717) is 29.4 Å². The SMILES string of the molecule is COc1cc(C=O)cc(OC)c1OCCC(C)(C)C. The quantitative estimate of drug-likeness (QED) is 0.741. The molecule has 0 bridgehead atoms. The van der Waals surface area contributed by atoms with Crippen LogP contribution in [0.15, 0.2) is 12.1 Å². The Kier molecular flexibility index (Phi) is 5.21. The van der Waals surface area contributed by atoms with E-state index in [9.17, 15) is 4.79 Å². The second kappa shape index (κ2) is 6.45. The van der Waals surface area contributed by atoms with Gasteiger partial charge in [0.05, 0.1) is 20.8 Å². The van der Waals surface area contributed by atoms with E-state index in [0.717, 1.165) is 12.7 Å². The lowest BCUT2D eigenvalue weighted by atomic mass is 9.93. The normalized spacial score (nSPS) is 11.0. The monoisotopic (exact) mass is 266 g/mol. The Balaban J connectivity index is 2.94. The number of carbonyl (C=O) groups is 1. The van der Waals surface area contributed by atoms with E-state index in [1.165, 1.54) is 0 Å². The third-order valence-corrected chi connectivity index (χ3v) is 2.72. The van der Waals surface area contributed by atoms with E-state index in [1.54, 1.807) is 26.4 Å². The molecule has 1 aromatic rings. The Morgan fingerprint density at radius 3 is 2.00 bits per heavy atom. The molecule has 0 saturated heterocycles. The molecule has 4 heteroatoms. The van der Waals surface area contributed by atoms with Crippen LogP contribution >= 0.6 is 0 Å². The number of methoxy groups -OCH3 is 2. The molecule has 0 aliphatic heterocycles. The average molecular weight is 266 g/mol. The van der Waals surface area contributed by atoms with Crippen molar-refractivity contribution in [1.82, 2.24) is 0 Å². The molecule has 0 aliphatic carbocycles. The molecule has 1 aromatic carbocycles. The Labute approximate surface area is 114 Å². The molecule has 0 spiro atoms. The van der Waals surface area contributed by atoms with Crippen molar-refractivity contribution < 1.29 is 19.0 Å². The minimum atomic E-state index is 0.198. The lowest BCUT2D eigenvalue weighted by Gasteiger charge is -2.20. The summed E-state index contributed by atoms with van der Waals surface area (Å²) in [6, 6.07) is 3.28. The van der Waals surface area contributed by atoms with Gasteiger partial charge in [0, 0.05) is 5.56 Å². The number of hydrogen-bond acceptors (Lipinski definition) is 4. The third kappa shape index (κ3) is 4.47. The van der Waals surface area contributed by atoms with E-state index < -0.39 is 0 Å². The molecule has 0 fully saturated rings. The molecule has 1 rings (SSSR count). The maximum absolute atomic E-state index is 10.8. The van der Waals surface area contributed by atoms with Crippen molar-refractivity contribution in [2.75, 3.05) is 20.8 Å². The van der Waals surface area contributed by atoms with Crippen molar-refractivity contribution >= 4 is 6.29 Å². The van der Waals surface area contributed by atoms with Gasteiger partial charge < -0.3 is 14.2 Å². The van der Waals surface area contributed by atoms with Crippen LogP contribution in [0.3, 0.4) is 0 Å². The Morgan fingerprint density at radius 1 is 1.11 bits per heavy atom. The molecule has 4 nitrogen and oxygen atoms in total. The van der Waals surface area contributed by atoms with Crippen molar-refractivity contribution in [2.24, 2.45) is 5.41 Å². The summed E-state index contributed by atoms with van der Waals surface area (Å²) < 4.78 is 16.3. The number of ether oxygens (including phenoxy) is 3. The number of aldehydes is 1. The molecule has 0 heterocycles. The second-order valence-corrected chi connectivity index (χ2v) is 5.53. The van der Waals surface area contributed by atoms with Gasteiger partial charge in [0.2, 0.25) is 5.75 Å². The van der Waals surface area contributed by atoms with Gasteiger partial charge in [-0.1, -0.05) is 20.8 Å². The largest absolute Gasteiger partial charge is 0.493 e. The van der Waals surface area contributed by atoms with Gasteiger partial charge in [-0.15, -0.1) is 0 Å². The van der Waals surface area contributed by atoms with Crippen LogP contribution in [0.1, 0.15) is 37.6 Å². The minimum Gasteiger partial charge on any atom is -0.493 e. The van der Waals surface area contributed by atoms with Gasteiger partial charge in [-0.3, -0.25) is 4.79 Å². The van der Waals surface area contributed by atoms with Crippen molar-refractivity contribution in [2.45, 2.75) is 27.2 Å². The molecular weight excluding hydrogens is 244 g/mol. The molecule has 106 valence electrons. The molecule has 0 atom stereocenters. The predicted molar refractivity (Wildman–Crippen MR) is 74.5 cm³/mol. The van der Waals surface area contributed by atoms with E-state index in [1.807, 2.05) is 0 Å². The van der Waals surface area contributed by atoms with E-state index in [2.05, 4.69) is 20.8 Å². The van der Waals surface area contributed by atoms with Gasteiger partial charge in [0.15, 0.2) is 11.5 Å². The Morgan fingerprint density at radius 2 is 1.63 bits per heavy atom. The van der Waals surface area contributed by atoms with Gasteiger partial charge in [0.1, 0.15) is 6.29 Å². The summed E-state index contributed by atoms with van der Waals surface area (Å²) in [7, 11) is 3.08. The fourth-order valence-electron chi connectivity index (χ4n) is 1.57. The zero-order chi connectivity index (χ0) is 14.5. The molecule has 0 saturated carbocycles. The van der Waals surface area contributed by atoms with Crippen LogP contribution in [-0.2, 0) is 0 Å². The molecular formula is C15H22O4. The number of carbonyl (C=O) groups excluding carboxylic acids is 1.